The van der Waals surface area contributed by atoms with Crippen molar-refractivity contribution in [2.24, 2.45) is 5.92 Å². The minimum absolute atomic E-state index is 0.144. The van der Waals surface area contributed by atoms with E-state index in [1.54, 1.807) is 4.90 Å². The van der Waals surface area contributed by atoms with Gasteiger partial charge in [0.05, 0.1) is 0 Å². The molecule has 2 saturated heterocycles. The summed E-state index contributed by atoms with van der Waals surface area (Å²) in [4.78, 5) is 40.7. The monoisotopic (exact) mass is 425 g/mol. The van der Waals surface area contributed by atoms with Gasteiger partial charge in [-0.3, -0.25) is 24.6 Å². The van der Waals surface area contributed by atoms with E-state index in [4.69, 9.17) is 4.74 Å². The Balaban J connectivity index is 1.22. The fraction of sp³-hybridized carbons (Fsp3) is 0.625. The number of carbonyl (C=O) groups excluding carboxylic acids is 3. The molecule has 31 heavy (non-hydrogen) atoms. The van der Waals surface area contributed by atoms with Gasteiger partial charge in [-0.05, 0) is 68.3 Å². The van der Waals surface area contributed by atoms with Gasteiger partial charge < -0.3 is 9.64 Å². The van der Waals surface area contributed by atoms with Crippen molar-refractivity contribution in [2.45, 2.75) is 70.0 Å². The Bertz CT molecular complexity index is 882. The first-order valence-corrected chi connectivity index (χ1v) is 11.7. The van der Waals surface area contributed by atoms with Gasteiger partial charge in [0, 0.05) is 31.1 Å². The number of carbonyl (C=O) groups is 3. The number of ether oxygens (including phenoxy) is 1. The predicted octanol–water partition coefficient (Wildman–Crippen LogP) is 2.48. The number of amides is 3. The van der Waals surface area contributed by atoms with Gasteiger partial charge in [0.15, 0.2) is 0 Å². The lowest BCUT2D eigenvalue weighted by Crippen LogP contribution is -2.52. The highest BCUT2D eigenvalue weighted by atomic mass is 16.5. The molecule has 3 amide bonds. The smallest absolute Gasteiger partial charge is 0.255 e. The molecule has 3 heterocycles. The second-order valence-corrected chi connectivity index (χ2v) is 9.47. The third kappa shape index (κ3) is 4.20. The van der Waals surface area contributed by atoms with Crippen LogP contribution < -0.4 is 10.1 Å². The van der Waals surface area contributed by atoms with Crippen molar-refractivity contribution < 1.29 is 19.1 Å². The fourth-order valence-electron chi connectivity index (χ4n) is 5.33. The average molecular weight is 426 g/mol. The molecule has 1 unspecified atom stereocenters. The molecule has 3 fully saturated rings. The van der Waals surface area contributed by atoms with Gasteiger partial charge in [-0.1, -0.05) is 12.8 Å². The van der Waals surface area contributed by atoms with Crippen molar-refractivity contribution in [3.8, 4) is 5.75 Å². The van der Waals surface area contributed by atoms with Gasteiger partial charge in [-0.15, -0.1) is 0 Å². The Hall–Kier alpha value is -2.41. The van der Waals surface area contributed by atoms with Crippen LogP contribution in [0.4, 0.5) is 0 Å². The molecule has 166 valence electrons. The maximum absolute atomic E-state index is 12.8. The molecule has 0 spiro atoms. The number of piperidine rings is 2. The lowest BCUT2D eigenvalue weighted by atomic mass is 9.84. The van der Waals surface area contributed by atoms with Crippen molar-refractivity contribution in [3.05, 3.63) is 29.3 Å². The zero-order chi connectivity index (χ0) is 21.4. The molecule has 0 radical (unpaired) electrons. The van der Waals surface area contributed by atoms with Crippen molar-refractivity contribution in [1.29, 1.82) is 0 Å². The van der Waals surface area contributed by atoms with Crippen LogP contribution in [0.15, 0.2) is 18.2 Å². The molecular formula is C24H31N3O4. The Kier molecular flexibility index (Phi) is 5.69. The van der Waals surface area contributed by atoms with Crippen molar-refractivity contribution in [3.63, 3.8) is 0 Å². The third-order valence-corrected chi connectivity index (χ3v) is 7.40. The van der Waals surface area contributed by atoms with Gasteiger partial charge in [0.1, 0.15) is 18.4 Å². The second kappa shape index (κ2) is 8.61. The summed E-state index contributed by atoms with van der Waals surface area (Å²) in [5.41, 5.74) is 1.52. The minimum atomic E-state index is -0.579. The number of nitrogens with one attached hydrogen (secondary N) is 1. The van der Waals surface area contributed by atoms with E-state index in [9.17, 15) is 14.4 Å². The quantitative estimate of drug-likeness (QED) is 0.709. The van der Waals surface area contributed by atoms with Crippen molar-refractivity contribution in [2.75, 3.05) is 19.7 Å². The standard InChI is InChI=1S/C24H31N3O4/c28-22-10-9-21(23(29)25-22)27-14-17-12-19(7-8-20(17)24(27)30)31-15-18-6-1-2-11-26(18)13-16-4-3-5-16/h7-8,12,16,18,21H,1-6,9-11,13-15H2,(H,25,28,29)/t18-,21?/m1/s1. The van der Waals surface area contributed by atoms with E-state index in [0.717, 1.165) is 17.2 Å². The zero-order valence-corrected chi connectivity index (χ0v) is 18.0. The van der Waals surface area contributed by atoms with E-state index in [-0.39, 0.29) is 24.1 Å². The lowest BCUT2D eigenvalue weighted by molar-refractivity contribution is -0.136. The fourth-order valence-corrected chi connectivity index (χ4v) is 5.33. The number of imide groups is 1. The van der Waals surface area contributed by atoms with E-state index in [2.05, 4.69) is 10.2 Å². The summed E-state index contributed by atoms with van der Waals surface area (Å²) in [7, 11) is 0. The van der Waals surface area contributed by atoms with Crippen LogP contribution in [0, 0.1) is 5.92 Å². The highest BCUT2D eigenvalue weighted by molar-refractivity contribution is 6.05. The van der Waals surface area contributed by atoms with E-state index in [0.29, 0.717) is 31.2 Å². The van der Waals surface area contributed by atoms with Crippen LogP contribution in [0.25, 0.3) is 0 Å². The zero-order valence-electron chi connectivity index (χ0n) is 18.0. The molecule has 0 bridgehead atoms. The molecule has 4 aliphatic rings. The predicted molar refractivity (Wildman–Crippen MR) is 115 cm³/mol. The second-order valence-electron chi connectivity index (χ2n) is 9.47. The highest BCUT2D eigenvalue weighted by Crippen LogP contribution is 2.32. The van der Waals surface area contributed by atoms with Crippen LogP contribution in [0.3, 0.4) is 0 Å². The number of fused-ring (bicyclic) bond motifs is 1. The summed E-state index contributed by atoms with van der Waals surface area (Å²) in [6, 6.07) is 5.50. The summed E-state index contributed by atoms with van der Waals surface area (Å²) in [5.74, 6) is 0.860. The third-order valence-electron chi connectivity index (χ3n) is 7.40. The van der Waals surface area contributed by atoms with Gasteiger partial charge in [0.2, 0.25) is 11.8 Å². The molecule has 1 N–H and O–H groups in total. The first-order chi connectivity index (χ1) is 15.1. The Labute approximate surface area is 183 Å². The molecule has 7 nitrogen and oxygen atoms in total. The van der Waals surface area contributed by atoms with Gasteiger partial charge in [-0.2, -0.15) is 0 Å². The summed E-state index contributed by atoms with van der Waals surface area (Å²) in [6.45, 7) is 3.43. The normalized spacial score (nSPS) is 27.1. The number of benzene rings is 1. The largest absolute Gasteiger partial charge is 0.492 e. The molecule has 0 aromatic heterocycles. The van der Waals surface area contributed by atoms with Crippen molar-refractivity contribution in [1.82, 2.24) is 15.1 Å². The number of nitrogens with zero attached hydrogens (tertiary/aromatic N) is 2. The molecule has 1 saturated carbocycles. The summed E-state index contributed by atoms with van der Waals surface area (Å²) in [6.07, 6.45) is 8.48. The molecule has 1 aromatic rings. The average Bonchev–Trinajstić information content (AvgIpc) is 3.05. The van der Waals surface area contributed by atoms with E-state index in [1.165, 1.54) is 51.6 Å². The number of likely N-dealkylation sites (tertiary alicyclic amines) is 1. The number of rotatable bonds is 6. The van der Waals surface area contributed by atoms with Crippen molar-refractivity contribution >= 4 is 17.7 Å². The van der Waals surface area contributed by atoms with Crippen LogP contribution >= 0.6 is 0 Å². The molecule has 1 aliphatic carbocycles. The Morgan fingerprint density at radius 1 is 1.03 bits per heavy atom. The van der Waals surface area contributed by atoms with Crippen LogP contribution in [0.2, 0.25) is 0 Å². The molecule has 1 aromatic carbocycles. The van der Waals surface area contributed by atoms with Crippen LogP contribution in [-0.2, 0) is 16.1 Å². The molecule has 5 rings (SSSR count). The molecule has 7 heteroatoms. The molecule has 2 atom stereocenters. The lowest BCUT2D eigenvalue weighted by Gasteiger charge is -2.40. The minimum Gasteiger partial charge on any atom is -0.492 e. The Morgan fingerprint density at radius 2 is 1.90 bits per heavy atom. The first kappa shape index (κ1) is 20.5. The number of hydrogen-bond donors (Lipinski definition) is 1. The SMILES string of the molecule is O=C1CCC(N2Cc3cc(OC[C@H]4CCCCN4CC4CCC4)ccc3C2=O)C(=O)N1. The van der Waals surface area contributed by atoms with Crippen LogP contribution in [-0.4, -0.2) is 59.3 Å². The number of hydrogen-bond acceptors (Lipinski definition) is 5. The molecular weight excluding hydrogens is 394 g/mol. The summed E-state index contributed by atoms with van der Waals surface area (Å²) in [5, 5.41) is 2.35. The van der Waals surface area contributed by atoms with E-state index < -0.39 is 6.04 Å². The molecule has 3 aliphatic heterocycles. The highest BCUT2D eigenvalue weighted by Gasteiger charge is 2.39. The summed E-state index contributed by atoms with van der Waals surface area (Å²) >= 11 is 0. The van der Waals surface area contributed by atoms with E-state index in [1.807, 2.05) is 18.2 Å². The first-order valence-electron chi connectivity index (χ1n) is 11.7. The Morgan fingerprint density at radius 3 is 2.68 bits per heavy atom. The summed E-state index contributed by atoms with van der Waals surface area (Å²) < 4.78 is 6.19. The van der Waals surface area contributed by atoms with Gasteiger partial charge in [-0.25, -0.2) is 0 Å². The maximum atomic E-state index is 12.8. The maximum Gasteiger partial charge on any atom is 0.255 e. The van der Waals surface area contributed by atoms with E-state index >= 15 is 0 Å². The van der Waals surface area contributed by atoms with Gasteiger partial charge >= 0.3 is 0 Å². The van der Waals surface area contributed by atoms with Crippen LogP contribution in [0.5, 0.6) is 5.75 Å². The van der Waals surface area contributed by atoms with Gasteiger partial charge in [0.25, 0.3) is 5.91 Å². The topological polar surface area (TPSA) is 79.0 Å². The van der Waals surface area contributed by atoms with Crippen LogP contribution in [0.1, 0.15) is 67.3 Å².